The van der Waals surface area contributed by atoms with Gasteiger partial charge in [0.05, 0.1) is 21.0 Å². The molecule has 6 heteroatoms. The average molecular weight is 378 g/mol. The number of amides is 1. The molecule has 0 saturated carbocycles. The summed E-state index contributed by atoms with van der Waals surface area (Å²) in [5.74, 6) is -1.08. The highest BCUT2D eigenvalue weighted by Crippen LogP contribution is 2.37. The molecule has 3 rings (SSSR count). The Kier molecular flexibility index (Phi) is 5.02. The predicted molar refractivity (Wildman–Crippen MR) is 97.4 cm³/mol. The molecule has 0 unspecified atom stereocenters. The number of benzene rings is 2. The Morgan fingerprint density at radius 2 is 1.60 bits per heavy atom. The number of nitrogens with zero attached hydrogens (tertiary/aromatic N) is 1. The van der Waals surface area contributed by atoms with Gasteiger partial charge in [0.25, 0.3) is 5.91 Å². The van der Waals surface area contributed by atoms with Crippen LogP contribution in [-0.2, 0) is 10.2 Å². The largest absolute Gasteiger partial charge is 0.481 e. The molecule has 4 nitrogen and oxygen atoms in total. The van der Waals surface area contributed by atoms with E-state index in [4.69, 9.17) is 23.2 Å². The molecule has 1 N–H and O–H groups in total. The molecule has 1 amide bonds. The fourth-order valence-corrected chi connectivity index (χ4v) is 3.70. The van der Waals surface area contributed by atoms with Gasteiger partial charge in [0.15, 0.2) is 0 Å². The molecule has 0 bridgehead atoms. The van der Waals surface area contributed by atoms with Crippen LogP contribution in [0.1, 0.15) is 28.8 Å². The molecule has 1 fully saturated rings. The van der Waals surface area contributed by atoms with Gasteiger partial charge in [-0.25, -0.2) is 0 Å². The van der Waals surface area contributed by atoms with Gasteiger partial charge >= 0.3 is 5.97 Å². The number of carboxylic acids is 1. The van der Waals surface area contributed by atoms with Gasteiger partial charge in [0, 0.05) is 13.1 Å². The van der Waals surface area contributed by atoms with Crippen molar-refractivity contribution < 1.29 is 14.7 Å². The van der Waals surface area contributed by atoms with Gasteiger partial charge in [0.1, 0.15) is 0 Å². The lowest BCUT2D eigenvalue weighted by molar-refractivity contribution is -0.145. The summed E-state index contributed by atoms with van der Waals surface area (Å²) < 4.78 is 0. The van der Waals surface area contributed by atoms with Crippen molar-refractivity contribution in [2.75, 3.05) is 13.1 Å². The molecule has 0 aliphatic carbocycles. The van der Waals surface area contributed by atoms with E-state index in [0.717, 1.165) is 5.56 Å². The van der Waals surface area contributed by atoms with Crippen molar-refractivity contribution in [3.8, 4) is 0 Å². The fourth-order valence-electron chi connectivity index (χ4n) is 3.31. The van der Waals surface area contributed by atoms with Crippen molar-refractivity contribution >= 4 is 35.1 Å². The molecule has 0 aromatic heterocycles. The summed E-state index contributed by atoms with van der Waals surface area (Å²) in [5, 5.41) is 10.4. The van der Waals surface area contributed by atoms with Crippen LogP contribution in [0.3, 0.4) is 0 Å². The van der Waals surface area contributed by atoms with E-state index < -0.39 is 11.4 Å². The van der Waals surface area contributed by atoms with Crippen LogP contribution in [-0.4, -0.2) is 35.0 Å². The molecule has 0 spiro atoms. The van der Waals surface area contributed by atoms with Crippen LogP contribution < -0.4 is 0 Å². The van der Waals surface area contributed by atoms with Crippen molar-refractivity contribution in [3.05, 3.63) is 69.7 Å². The summed E-state index contributed by atoms with van der Waals surface area (Å²) in [6.07, 6.45) is 0.715. The van der Waals surface area contributed by atoms with Gasteiger partial charge in [-0.05, 0) is 30.5 Å². The van der Waals surface area contributed by atoms with E-state index >= 15 is 0 Å². The first-order chi connectivity index (χ1) is 12.0. The second kappa shape index (κ2) is 7.06. The number of carbonyl (C=O) groups excluding carboxylic acids is 1. The molecule has 1 aliphatic heterocycles. The van der Waals surface area contributed by atoms with Crippen LogP contribution in [0.15, 0.2) is 48.5 Å². The van der Waals surface area contributed by atoms with E-state index in [1.165, 1.54) is 0 Å². The Morgan fingerprint density at radius 1 is 0.960 bits per heavy atom. The normalized spacial score (nSPS) is 16.5. The third-order valence-corrected chi connectivity index (χ3v) is 5.64. The van der Waals surface area contributed by atoms with Gasteiger partial charge < -0.3 is 10.0 Å². The Bertz CT molecular complexity index is 800. The highest BCUT2D eigenvalue weighted by atomic mass is 35.5. The topological polar surface area (TPSA) is 57.6 Å². The first-order valence-electron chi connectivity index (χ1n) is 7.98. The lowest BCUT2D eigenvalue weighted by Crippen LogP contribution is -2.49. The third-order valence-electron chi connectivity index (χ3n) is 4.82. The summed E-state index contributed by atoms with van der Waals surface area (Å²) in [6.45, 7) is 0.700. The number of piperidine rings is 1. The van der Waals surface area contributed by atoms with Crippen LogP contribution >= 0.6 is 23.2 Å². The minimum Gasteiger partial charge on any atom is -0.481 e. The minimum atomic E-state index is -0.962. The average Bonchev–Trinajstić information content (AvgIpc) is 2.64. The van der Waals surface area contributed by atoms with E-state index in [-0.39, 0.29) is 10.9 Å². The molecular weight excluding hydrogens is 361 g/mol. The maximum absolute atomic E-state index is 12.7. The van der Waals surface area contributed by atoms with E-state index in [1.807, 2.05) is 30.3 Å². The summed E-state index contributed by atoms with van der Waals surface area (Å²) in [4.78, 5) is 26.3. The van der Waals surface area contributed by atoms with Crippen molar-refractivity contribution in [2.24, 2.45) is 0 Å². The molecular formula is C19H17Cl2NO3. The Labute approximate surface area is 156 Å². The van der Waals surface area contributed by atoms with Gasteiger partial charge in [-0.15, -0.1) is 0 Å². The molecule has 0 radical (unpaired) electrons. The number of carbonyl (C=O) groups is 2. The minimum absolute atomic E-state index is 0.223. The smallest absolute Gasteiger partial charge is 0.314 e. The molecule has 2 aromatic carbocycles. The fraction of sp³-hybridized carbons (Fsp3) is 0.263. The number of aliphatic carboxylic acids is 1. The van der Waals surface area contributed by atoms with Gasteiger partial charge in [-0.1, -0.05) is 59.6 Å². The molecule has 0 atom stereocenters. The van der Waals surface area contributed by atoms with Gasteiger partial charge in [-0.3, -0.25) is 9.59 Å². The second-order valence-corrected chi connectivity index (χ2v) is 6.93. The zero-order chi connectivity index (χ0) is 18.0. The van der Waals surface area contributed by atoms with Crippen molar-refractivity contribution in [1.82, 2.24) is 4.90 Å². The zero-order valence-electron chi connectivity index (χ0n) is 13.4. The Balaban J connectivity index is 1.82. The number of halogens is 2. The van der Waals surface area contributed by atoms with Crippen molar-refractivity contribution in [1.29, 1.82) is 0 Å². The van der Waals surface area contributed by atoms with Crippen molar-refractivity contribution in [3.63, 3.8) is 0 Å². The number of hydrogen-bond donors (Lipinski definition) is 1. The van der Waals surface area contributed by atoms with Crippen molar-refractivity contribution in [2.45, 2.75) is 18.3 Å². The molecule has 130 valence electrons. The number of likely N-dealkylation sites (tertiary alicyclic amines) is 1. The van der Waals surface area contributed by atoms with Crippen LogP contribution in [0.25, 0.3) is 0 Å². The molecule has 1 saturated heterocycles. The van der Waals surface area contributed by atoms with E-state index in [0.29, 0.717) is 36.5 Å². The van der Waals surface area contributed by atoms with Gasteiger partial charge in [0.2, 0.25) is 0 Å². The quantitative estimate of drug-likeness (QED) is 0.869. The summed E-state index contributed by atoms with van der Waals surface area (Å²) >= 11 is 12.1. The van der Waals surface area contributed by atoms with Crippen LogP contribution in [0.2, 0.25) is 10.0 Å². The summed E-state index contributed by atoms with van der Waals surface area (Å²) in [6, 6.07) is 14.1. The highest BCUT2D eigenvalue weighted by Gasteiger charge is 2.44. The first kappa shape index (κ1) is 17.8. The van der Waals surface area contributed by atoms with E-state index in [1.54, 1.807) is 23.1 Å². The summed E-state index contributed by atoms with van der Waals surface area (Å²) in [7, 11) is 0. The maximum Gasteiger partial charge on any atom is 0.314 e. The molecule has 2 aromatic rings. The third kappa shape index (κ3) is 3.24. The zero-order valence-corrected chi connectivity index (χ0v) is 14.9. The Morgan fingerprint density at radius 3 is 2.20 bits per heavy atom. The van der Waals surface area contributed by atoms with E-state index in [9.17, 15) is 14.7 Å². The first-order valence-corrected chi connectivity index (χ1v) is 8.73. The standard InChI is InChI=1S/C19H17Cl2NO3/c20-15-8-4-7-14(16(15)21)17(23)22-11-9-19(10-12-22,18(24)25)13-5-2-1-3-6-13/h1-8H,9-12H2,(H,24,25). The lowest BCUT2D eigenvalue weighted by Gasteiger charge is -2.39. The molecule has 1 aliphatic rings. The maximum atomic E-state index is 12.7. The predicted octanol–water partition coefficient (Wildman–Crippen LogP) is 4.25. The molecule has 25 heavy (non-hydrogen) atoms. The number of rotatable bonds is 3. The van der Waals surface area contributed by atoms with Crippen LogP contribution in [0.4, 0.5) is 0 Å². The van der Waals surface area contributed by atoms with Crippen LogP contribution in [0.5, 0.6) is 0 Å². The van der Waals surface area contributed by atoms with E-state index in [2.05, 4.69) is 0 Å². The summed E-state index contributed by atoms with van der Waals surface area (Å²) in [5.41, 5.74) is 0.156. The number of hydrogen-bond acceptors (Lipinski definition) is 2. The Hall–Kier alpha value is -2.04. The second-order valence-electron chi connectivity index (χ2n) is 6.15. The highest BCUT2D eigenvalue weighted by molar-refractivity contribution is 6.43. The lowest BCUT2D eigenvalue weighted by atomic mass is 9.73. The van der Waals surface area contributed by atoms with Crippen LogP contribution in [0, 0.1) is 0 Å². The molecule has 1 heterocycles. The SMILES string of the molecule is O=C(c1cccc(Cl)c1Cl)N1CCC(C(=O)O)(c2ccccc2)CC1. The monoisotopic (exact) mass is 377 g/mol. The van der Waals surface area contributed by atoms with Gasteiger partial charge in [-0.2, -0.15) is 0 Å². The number of carboxylic acid groups (broad SMARTS) is 1.